The average molecular weight is 304 g/mol. The largest absolute Gasteiger partial charge is 0.457 e. The van der Waals surface area contributed by atoms with Gasteiger partial charge in [0.2, 0.25) is 0 Å². The summed E-state index contributed by atoms with van der Waals surface area (Å²) in [6.07, 6.45) is 0.172. The van der Waals surface area contributed by atoms with Crippen LogP contribution in [0, 0.1) is 0 Å². The van der Waals surface area contributed by atoms with Gasteiger partial charge >= 0.3 is 5.97 Å². The van der Waals surface area contributed by atoms with Crippen LogP contribution in [0.15, 0.2) is 72.8 Å². The minimum atomic E-state index is -0.398. The molecule has 0 saturated heterocycles. The van der Waals surface area contributed by atoms with Gasteiger partial charge < -0.3 is 4.74 Å². The van der Waals surface area contributed by atoms with Crippen LogP contribution in [-0.2, 0) is 16.0 Å². The third-order valence-corrected chi connectivity index (χ3v) is 3.63. The summed E-state index contributed by atoms with van der Waals surface area (Å²) >= 11 is 0. The van der Waals surface area contributed by atoms with Crippen LogP contribution in [0.5, 0.6) is 0 Å². The number of hydrogen-bond acceptors (Lipinski definition) is 3. The maximum Gasteiger partial charge on any atom is 0.310 e. The molecular weight excluding hydrogens is 288 g/mol. The molecular formula is C20H16O3. The second-order valence-electron chi connectivity index (χ2n) is 5.31. The summed E-state index contributed by atoms with van der Waals surface area (Å²) in [6, 6.07) is 22.6. The Bertz CT molecular complexity index is 838. The molecule has 0 N–H and O–H groups in total. The summed E-state index contributed by atoms with van der Waals surface area (Å²) in [7, 11) is 0. The van der Waals surface area contributed by atoms with E-state index in [9.17, 15) is 9.59 Å². The zero-order valence-electron chi connectivity index (χ0n) is 12.6. The molecule has 0 unspecified atom stereocenters. The van der Waals surface area contributed by atoms with Crippen molar-refractivity contribution in [2.75, 3.05) is 6.61 Å². The molecule has 0 bridgehead atoms. The highest BCUT2D eigenvalue weighted by molar-refractivity contribution is 6.01. The fraction of sp³-hybridized carbons (Fsp3) is 0.100. The summed E-state index contributed by atoms with van der Waals surface area (Å²) in [6.45, 7) is -0.232. The number of carbonyl (C=O) groups excluding carboxylic acids is 2. The molecule has 3 rings (SSSR count). The molecule has 0 aliphatic carbocycles. The number of ether oxygens (including phenoxy) is 1. The van der Waals surface area contributed by atoms with Crippen LogP contribution in [0.2, 0.25) is 0 Å². The van der Waals surface area contributed by atoms with Crippen molar-refractivity contribution in [3.8, 4) is 0 Å². The topological polar surface area (TPSA) is 43.4 Å². The first-order chi connectivity index (χ1) is 11.2. The Labute approximate surface area is 134 Å². The van der Waals surface area contributed by atoms with Gasteiger partial charge in [-0.1, -0.05) is 66.7 Å². The van der Waals surface area contributed by atoms with Gasteiger partial charge in [0.25, 0.3) is 0 Å². The van der Waals surface area contributed by atoms with E-state index in [1.54, 1.807) is 6.07 Å². The number of esters is 1. The molecule has 0 aliphatic rings. The Hall–Kier alpha value is -2.94. The van der Waals surface area contributed by atoms with Crippen molar-refractivity contribution >= 4 is 22.5 Å². The highest BCUT2D eigenvalue weighted by Crippen LogP contribution is 2.16. The standard InChI is InChI=1S/C20H16O3/c21-19(14-23-20(22)12-15-6-2-1-3-7-15)18-11-10-16-8-4-5-9-17(16)13-18/h1-11,13H,12,14H2. The van der Waals surface area contributed by atoms with Crippen LogP contribution in [0.25, 0.3) is 10.8 Å². The van der Waals surface area contributed by atoms with Crippen LogP contribution in [-0.4, -0.2) is 18.4 Å². The van der Waals surface area contributed by atoms with Gasteiger partial charge in [0.1, 0.15) is 0 Å². The molecule has 0 radical (unpaired) electrons. The fourth-order valence-corrected chi connectivity index (χ4v) is 2.41. The van der Waals surface area contributed by atoms with Gasteiger partial charge in [-0.25, -0.2) is 0 Å². The van der Waals surface area contributed by atoms with E-state index in [2.05, 4.69) is 0 Å². The third kappa shape index (κ3) is 3.83. The van der Waals surface area contributed by atoms with Crippen molar-refractivity contribution < 1.29 is 14.3 Å². The molecule has 114 valence electrons. The number of fused-ring (bicyclic) bond motifs is 1. The third-order valence-electron chi connectivity index (χ3n) is 3.63. The molecule has 0 fully saturated rings. The predicted octanol–water partition coefficient (Wildman–Crippen LogP) is 3.81. The first-order valence-electron chi connectivity index (χ1n) is 7.44. The van der Waals surface area contributed by atoms with Crippen molar-refractivity contribution in [3.63, 3.8) is 0 Å². The normalized spacial score (nSPS) is 10.4. The smallest absolute Gasteiger partial charge is 0.310 e. The summed E-state index contributed by atoms with van der Waals surface area (Å²) in [4.78, 5) is 24.0. The van der Waals surface area contributed by atoms with Gasteiger partial charge in [0, 0.05) is 5.56 Å². The predicted molar refractivity (Wildman–Crippen MR) is 89.4 cm³/mol. The van der Waals surface area contributed by atoms with Crippen LogP contribution >= 0.6 is 0 Å². The maximum atomic E-state index is 12.2. The van der Waals surface area contributed by atoms with Gasteiger partial charge in [-0.15, -0.1) is 0 Å². The number of hydrogen-bond donors (Lipinski definition) is 0. The number of benzene rings is 3. The molecule has 23 heavy (non-hydrogen) atoms. The maximum absolute atomic E-state index is 12.2. The quantitative estimate of drug-likeness (QED) is 0.532. The van der Waals surface area contributed by atoms with Gasteiger partial charge in [-0.05, 0) is 22.4 Å². The van der Waals surface area contributed by atoms with Gasteiger partial charge in [0.05, 0.1) is 6.42 Å². The highest BCUT2D eigenvalue weighted by Gasteiger charge is 2.11. The average Bonchev–Trinajstić information content (AvgIpc) is 2.60. The molecule has 3 aromatic rings. The van der Waals surface area contributed by atoms with Gasteiger partial charge in [-0.3, -0.25) is 9.59 Å². The molecule has 3 nitrogen and oxygen atoms in total. The molecule has 0 spiro atoms. The van der Waals surface area contributed by atoms with Crippen LogP contribution in [0.4, 0.5) is 0 Å². The molecule has 3 heteroatoms. The van der Waals surface area contributed by atoms with Crippen molar-refractivity contribution in [1.82, 2.24) is 0 Å². The number of Topliss-reactive ketones (excluding diaryl/α,β-unsaturated/α-hetero) is 1. The van der Waals surface area contributed by atoms with E-state index in [4.69, 9.17) is 4.74 Å². The first-order valence-corrected chi connectivity index (χ1v) is 7.44. The molecule has 3 aromatic carbocycles. The summed E-state index contributed by atoms with van der Waals surface area (Å²) in [5.74, 6) is -0.595. The zero-order chi connectivity index (χ0) is 16.1. The van der Waals surface area contributed by atoms with Crippen molar-refractivity contribution in [2.45, 2.75) is 6.42 Å². The van der Waals surface area contributed by atoms with E-state index in [1.807, 2.05) is 66.7 Å². The lowest BCUT2D eigenvalue weighted by atomic mass is 10.0. The second kappa shape index (κ2) is 6.88. The number of carbonyl (C=O) groups is 2. The lowest BCUT2D eigenvalue weighted by Crippen LogP contribution is -2.15. The van der Waals surface area contributed by atoms with E-state index in [0.29, 0.717) is 5.56 Å². The second-order valence-corrected chi connectivity index (χ2v) is 5.31. The molecule has 0 amide bonds. The first kappa shape index (κ1) is 15.0. The van der Waals surface area contributed by atoms with Crippen LogP contribution < -0.4 is 0 Å². The zero-order valence-corrected chi connectivity index (χ0v) is 12.6. The van der Waals surface area contributed by atoms with E-state index >= 15 is 0 Å². The van der Waals surface area contributed by atoms with Crippen molar-refractivity contribution in [3.05, 3.63) is 83.9 Å². The number of ketones is 1. The van der Waals surface area contributed by atoms with Crippen LogP contribution in [0.3, 0.4) is 0 Å². The SMILES string of the molecule is O=C(Cc1ccccc1)OCC(=O)c1ccc2ccccc2c1. The highest BCUT2D eigenvalue weighted by atomic mass is 16.5. The molecule has 0 atom stereocenters. The van der Waals surface area contributed by atoms with Crippen LogP contribution in [0.1, 0.15) is 15.9 Å². The van der Waals surface area contributed by atoms with Gasteiger partial charge in [0.15, 0.2) is 12.4 Å². The fourth-order valence-electron chi connectivity index (χ4n) is 2.41. The minimum Gasteiger partial charge on any atom is -0.457 e. The molecule has 0 heterocycles. The van der Waals surface area contributed by atoms with Crippen molar-refractivity contribution in [2.24, 2.45) is 0 Å². The van der Waals surface area contributed by atoms with Crippen molar-refractivity contribution in [1.29, 1.82) is 0 Å². The number of rotatable bonds is 5. The molecule has 0 aliphatic heterocycles. The molecule has 0 aromatic heterocycles. The molecule has 0 saturated carbocycles. The summed E-state index contributed by atoms with van der Waals surface area (Å²) < 4.78 is 5.09. The summed E-state index contributed by atoms with van der Waals surface area (Å²) in [5.41, 5.74) is 1.42. The van der Waals surface area contributed by atoms with E-state index in [-0.39, 0.29) is 18.8 Å². The minimum absolute atomic E-state index is 0.172. The van der Waals surface area contributed by atoms with Gasteiger partial charge in [-0.2, -0.15) is 0 Å². The summed E-state index contributed by atoms with van der Waals surface area (Å²) in [5, 5.41) is 2.07. The monoisotopic (exact) mass is 304 g/mol. The Morgan fingerprint density at radius 1 is 0.783 bits per heavy atom. The van der Waals surface area contributed by atoms with E-state index < -0.39 is 5.97 Å². The van der Waals surface area contributed by atoms with E-state index in [1.165, 1.54) is 0 Å². The lowest BCUT2D eigenvalue weighted by Gasteiger charge is -2.06. The Kier molecular flexibility index (Phi) is 4.48. The Balaban J connectivity index is 1.61. The lowest BCUT2D eigenvalue weighted by molar-refractivity contribution is -0.141. The Morgan fingerprint density at radius 2 is 1.48 bits per heavy atom. The van der Waals surface area contributed by atoms with E-state index in [0.717, 1.165) is 16.3 Å². The Morgan fingerprint density at radius 3 is 2.26 bits per heavy atom.